The van der Waals surface area contributed by atoms with Gasteiger partial charge < -0.3 is 10.5 Å². The molecule has 2 nitrogen and oxygen atoms in total. The van der Waals surface area contributed by atoms with Gasteiger partial charge in [0, 0.05) is 6.42 Å². The van der Waals surface area contributed by atoms with Crippen molar-refractivity contribution in [2.45, 2.75) is 19.3 Å². The van der Waals surface area contributed by atoms with E-state index in [0.29, 0.717) is 0 Å². The number of hydrogen-bond donors (Lipinski definition) is 1. The summed E-state index contributed by atoms with van der Waals surface area (Å²) in [5, 5.41) is 0. The van der Waals surface area contributed by atoms with Gasteiger partial charge in [-0.3, -0.25) is 0 Å². The second-order valence-corrected chi connectivity index (χ2v) is 3.09. The first kappa shape index (κ1) is 10.5. The van der Waals surface area contributed by atoms with E-state index in [1.807, 2.05) is 18.2 Å². The zero-order valence-corrected chi connectivity index (χ0v) is 8.42. The van der Waals surface area contributed by atoms with E-state index in [1.165, 1.54) is 0 Å². The number of unbranched alkanes of at least 4 members (excludes halogenated alkanes) is 1. The normalized spacial score (nSPS) is 9.43. The monoisotopic (exact) mass is 189 g/mol. The molecule has 0 saturated heterocycles. The molecule has 0 heterocycles. The van der Waals surface area contributed by atoms with E-state index in [-0.39, 0.29) is 0 Å². The number of rotatable bonds is 4. The van der Waals surface area contributed by atoms with Crippen LogP contribution in [0, 0.1) is 12.3 Å². The molecule has 0 radical (unpaired) electrons. The van der Waals surface area contributed by atoms with Crippen LogP contribution < -0.4 is 10.5 Å². The van der Waals surface area contributed by atoms with Gasteiger partial charge in [0.1, 0.15) is 5.75 Å². The van der Waals surface area contributed by atoms with Crippen molar-refractivity contribution >= 4 is 5.69 Å². The maximum atomic E-state index is 5.90. The fourth-order valence-electron chi connectivity index (χ4n) is 1.37. The molecular formula is C12H15NO. The van der Waals surface area contributed by atoms with Crippen LogP contribution in [0.2, 0.25) is 0 Å². The molecule has 0 aliphatic heterocycles. The van der Waals surface area contributed by atoms with Crippen LogP contribution in [0.4, 0.5) is 5.69 Å². The number of nitrogens with two attached hydrogens (primary N) is 1. The molecule has 0 fully saturated rings. The Morgan fingerprint density at radius 1 is 1.50 bits per heavy atom. The molecule has 0 bridgehead atoms. The average molecular weight is 189 g/mol. The fourth-order valence-corrected chi connectivity index (χ4v) is 1.37. The molecule has 0 aromatic heterocycles. The molecular weight excluding hydrogens is 174 g/mol. The number of terminal acetylenes is 1. The number of ether oxygens (including phenoxy) is 1. The van der Waals surface area contributed by atoms with E-state index in [2.05, 4.69) is 5.92 Å². The SMILES string of the molecule is C#CCCCc1cccc(OC)c1N. The van der Waals surface area contributed by atoms with Crippen molar-refractivity contribution in [3.63, 3.8) is 0 Å². The van der Waals surface area contributed by atoms with Gasteiger partial charge in [0.2, 0.25) is 0 Å². The van der Waals surface area contributed by atoms with Crippen molar-refractivity contribution in [3.05, 3.63) is 23.8 Å². The first-order valence-electron chi connectivity index (χ1n) is 4.64. The second kappa shape index (κ2) is 5.18. The molecule has 0 aliphatic rings. The summed E-state index contributed by atoms with van der Waals surface area (Å²) in [6, 6.07) is 5.81. The third kappa shape index (κ3) is 2.43. The van der Waals surface area contributed by atoms with Gasteiger partial charge in [-0.1, -0.05) is 12.1 Å². The van der Waals surface area contributed by atoms with Gasteiger partial charge in [-0.2, -0.15) is 0 Å². The zero-order chi connectivity index (χ0) is 10.4. The Morgan fingerprint density at radius 3 is 2.93 bits per heavy atom. The van der Waals surface area contributed by atoms with Crippen molar-refractivity contribution in [1.82, 2.24) is 0 Å². The quantitative estimate of drug-likeness (QED) is 0.448. The molecule has 0 unspecified atom stereocenters. The third-order valence-corrected chi connectivity index (χ3v) is 2.14. The summed E-state index contributed by atoms with van der Waals surface area (Å²) in [4.78, 5) is 0. The Kier molecular flexibility index (Phi) is 3.87. The average Bonchev–Trinajstić information content (AvgIpc) is 2.21. The van der Waals surface area contributed by atoms with Crippen LogP contribution in [0.1, 0.15) is 18.4 Å². The van der Waals surface area contributed by atoms with Gasteiger partial charge in [-0.15, -0.1) is 12.3 Å². The van der Waals surface area contributed by atoms with Crippen molar-refractivity contribution in [2.75, 3.05) is 12.8 Å². The summed E-state index contributed by atoms with van der Waals surface area (Å²) in [6.07, 6.45) is 7.85. The molecule has 0 spiro atoms. The highest BCUT2D eigenvalue weighted by atomic mass is 16.5. The Bertz CT molecular complexity index is 339. The number of anilines is 1. The minimum Gasteiger partial charge on any atom is -0.495 e. The Morgan fingerprint density at radius 2 is 2.29 bits per heavy atom. The minimum absolute atomic E-state index is 0.729. The van der Waals surface area contributed by atoms with E-state index in [1.54, 1.807) is 7.11 Å². The van der Waals surface area contributed by atoms with Crippen molar-refractivity contribution in [1.29, 1.82) is 0 Å². The van der Waals surface area contributed by atoms with Crippen LogP contribution in [0.5, 0.6) is 5.75 Å². The van der Waals surface area contributed by atoms with Crippen LogP contribution >= 0.6 is 0 Å². The molecule has 1 rings (SSSR count). The van der Waals surface area contributed by atoms with Crippen LogP contribution in [-0.2, 0) is 6.42 Å². The number of nitrogen functional groups attached to an aromatic ring is 1. The van der Waals surface area contributed by atoms with Gasteiger partial charge in [0.25, 0.3) is 0 Å². The Hall–Kier alpha value is -1.62. The molecule has 0 aliphatic carbocycles. The van der Waals surface area contributed by atoms with E-state index in [4.69, 9.17) is 16.9 Å². The Balaban J connectivity index is 2.72. The van der Waals surface area contributed by atoms with E-state index in [0.717, 1.165) is 36.3 Å². The number of benzene rings is 1. The van der Waals surface area contributed by atoms with E-state index < -0.39 is 0 Å². The Labute approximate surface area is 85.1 Å². The molecule has 2 heteroatoms. The predicted octanol–water partition coefficient (Wildman–Crippen LogP) is 2.23. The molecule has 1 aromatic rings. The summed E-state index contributed by atoms with van der Waals surface area (Å²) in [7, 11) is 1.62. The minimum atomic E-state index is 0.729. The highest BCUT2D eigenvalue weighted by molar-refractivity contribution is 5.58. The van der Waals surface area contributed by atoms with Gasteiger partial charge >= 0.3 is 0 Å². The summed E-state index contributed by atoms with van der Waals surface area (Å²) in [5.74, 6) is 3.35. The molecule has 0 saturated carbocycles. The molecule has 0 atom stereocenters. The largest absolute Gasteiger partial charge is 0.495 e. The summed E-state index contributed by atoms with van der Waals surface area (Å²) in [5.41, 5.74) is 7.74. The molecule has 14 heavy (non-hydrogen) atoms. The van der Waals surface area contributed by atoms with E-state index >= 15 is 0 Å². The first-order chi connectivity index (χ1) is 6.79. The first-order valence-corrected chi connectivity index (χ1v) is 4.64. The molecule has 0 amide bonds. The van der Waals surface area contributed by atoms with Crippen LogP contribution in [0.3, 0.4) is 0 Å². The predicted molar refractivity (Wildman–Crippen MR) is 59.2 cm³/mol. The number of aryl methyl sites for hydroxylation is 1. The van der Waals surface area contributed by atoms with Gasteiger partial charge in [0.15, 0.2) is 0 Å². The highest BCUT2D eigenvalue weighted by Crippen LogP contribution is 2.25. The van der Waals surface area contributed by atoms with Crippen LogP contribution in [0.15, 0.2) is 18.2 Å². The smallest absolute Gasteiger partial charge is 0.142 e. The fraction of sp³-hybridized carbons (Fsp3) is 0.333. The highest BCUT2D eigenvalue weighted by Gasteiger charge is 2.03. The molecule has 1 aromatic carbocycles. The standard InChI is InChI=1S/C12H15NO/c1-3-4-5-7-10-8-6-9-11(14-2)12(10)13/h1,6,8-9H,4-5,7,13H2,2H3. The summed E-state index contributed by atoms with van der Waals surface area (Å²) in [6.45, 7) is 0. The van der Waals surface area contributed by atoms with Gasteiger partial charge in [-0.05, 0) is 24.5 Å². The maximum absolute atomic E-state index is 5.90. The van der Waals surface area contributed by atoms with Crippen LogP contribution in [0.25, 0.3) is 0 Å². The molecule has 2 N–H and O–H groups in total. The maximum Gasteiger partial charge on any atom is 0.142 e. The summed E-state index contributed by atoms with van der Waals surface area (Å²) < 4.78 is 5.13. The van der Waals surface area contributed by atoms with Crippen molar-refractivity contribution in [2.24, 2.45) is 0 Å². The lowest BCUT2D eigenvalue weighted by molar-refractivity contribution is 0.416. The lowest BCUT2D eigenvalue weighted by Crippen LogP contribution is -1.98. The third-order valence-electron chi connectivity index (χ3n) is 2.14. The second-order valence-electron chi connectivity index (χ2n) is 3.09. The van der Waals surface area contributed by atoms with Crippen molar-refractivity contribution in [3.8, 4) is 18.1 Å². The summed E-state index contributed by atoms with van der Waals surface area (Å²) >= 11 is 0. The molecule has 74 valence electrons. The van der Waals surface area contributed by atoms with E-state index in [9.17, 15) is 0 Å². The number of methoxy groups -OCH3 is 1. The lowest BCUT2D eigenvalue weighted by atomic mass is 10.1. The van der Waals surface area contributed by atoms with Gasteiger partial charge in [-0.25, -0.2) is 0 Å². The number of para-hydroxylation sites is 1. The number of hydrogen-bond acceptors (Lipinski definition) is 2. The van der Waals surface area contributed by atoms with Crippen molar-refractivity contribution < 1.29 is 4.74 Å². The zero-order valence-electron chi connectivity index (χ0n) is 8.42. The van der Waals surface area contributed by atoms with Gasteiger partial charge in [0.05, 0.1) is 12.8 Å². The topological polar surface area (TPSA) is 35.2 Å². The van der Waals surface area contributed by atoms with Crippen LogP contribution in [-0.4, -0.2) is 7.11 Å². The lowest BCUT2D eigenvalue weighted by Gasteiger charge is -2.08.